The van der Waals surface area contributed by atoms with E-state index in [9.17, 15) is 18.0 Å². The van der Waals surface area contributed by atoms with Gasteiger partial charge in [-0.05, 0) is 19.8 Å². The Kier molecular flexibility index (Phi) is 4.44. The molecule has 1 N–H and O–H groups in total. The summed E-state index contributed by atoms with van der Waals surface area (Å²) in [5.41, 5.74) is 0.590. The third-order valence-electron chi connectivity index (χ3n) is 3.41. The van der Waals surface area contributed by atoms with Gasteiger partial charge in [0.15, 0.2) is 5.82 Å². The molecule has 9 heteroatoms. The Morgan fingerprint density at radius 1 is 1.46 bits per heavy atom. The highest BCUT2D eigenvalue weighted by atomic mass is 32.1. The summed E-state index contributed by atoms with van der Waals surface area (Å²) in [6.45, 7) is 1.85. The van der Waals surface area contributed by atoms with Crippen LogP contribution in [0.3, 0.4) is 0 Å². The summed E-state index contributed by atoms with van der Waals surface area (Å²) in [5, 5.41) is 4.01. The van der Waals surface area contributed by atoms with E-state index in [-0.39, 0.29) is 30.0 Å². The van der Waals surface area contributed by atoms with Crippen molar-refractivity contribution in [3.63, 3.8) is 0 Å². The topological polar surface area (TPSA) is 64.1 Å². The first-order valence-electron chi connectivity index (χ1n) is 7.27. The summed E-state index contributed by atoms with van der Waals surface area (Å²) in [4.78, 5) is 19.1. The number of aromatic nitrogens is 2. The van der Waals surface area contributed by atoms with Gasteiger partial charge in [-0.1, -0.05) is 0 Å². The highest BCUT2D eigenvalue weighted by molar-refractivity contribution is 7.10. The molecule has 5 nitrogen and oxygen atoms in total. The number of halogens is 3. The molecule has 2 aromatic heterocycles. The fourth-order valence-electron chi connectivity index (χ4n) is 1.94. The van der Waals surface area contributed by atoms with E-state index in [1.165, 1.54) is 11.6 Å². The molecule has 3 rings (SSSR count). The number of carbonyl (C=O) groups is 1. The Bertz CT molecular complexity index is 757. The van der Waals surface area contributed by atoms with E-state index < -0.39 is 11.1 Å². The highest BCUT2D eigenvalue weighted by Crippen LogP contribution is 2.37. The molecule has 0 unspecified atom stereocenters. The molecule has 1 saturated carbocycles. The van der Waals surface area contributed by atoms with Gasteiger partial charge in [-0.25, -0.2) is 4.98 Å². The standard InChI is InChI=1S/C15H14F3N3O2S/c1-8-5-19-12(6-20-13(22)9-2-3-9)21-14(8)23-10-4-11(24-7-10)15(16,17)18/h4-5,7,9H,2-3,6H2,1H3,(H,20,22). The van der Waals surface area contributed by atoms with Crippen molar-refractivity contribution in [2.75, 3.05) is 0 Å². The first-order valence-corrected chi connectivity index (χ1v) is 8.14. The third-order valence-corrected chi connectivity index (χ3v) is 4.37. The van der Waals surface area contributed by atoms with Crippen LogP contribution >= 0.6 is 11.3 Å². The van der Waals surface area contributed by atoms with Gasteiger partial charge in [0.2, 0.25) is 11.8 Å². The highest BCUT2D eigenvalue weighted by Gasteiger charge is 2.33. The Morgan fingerprint density at radius 3 is 2.83 bits per heavy atom. The van der Waals surface area contributed by atoms with Gasteiger partial charge in [0, 0.05) is 29.1 Å². The molecule has 0 saturated heterocycles. The zero-order valence-corrected chi connectivity index (χ0v) is 13.5. The van der Waals surface area contributed by atoms with E-state index in [4.69, 9.17) is 4.74 Å². The number of nitrogens with one attached hydrogen (secondary N) is 1. The zero-order valence-electron chi connectivity index (χ0n) is 12.7. The molecule has 128 valence electrons. The minimum Gasteiger partial charge on any atom is -0.438 e. The van der Waals surface area contributed by atoms with Crippen molar-refractivity contribution in [3.05, 3.63) is 33.9 Å². The molecule has 1 amide bonds. The van der Waals surface area contributed by atoms with E-state index in [0.29, 0.717) is 22.7 Å². The second-order valence-corrected chi connectivity index (χ2v) is 6.42. The maximum atomic E-state index is 12.6. The molecule has 0 bridgehead atoms. The van der Waals surface area contributed by atoms with E-state index >= 15 is 0 Å². The number of rotatable bonds is 5. The molecule has 0 radical (unpaired) electrons. The smallest absolute Gasteiger partial charge is 0.425 e. The van der Waals surface area contributed by atoms with E-state index in [1.54, 1.807) is 6.92 Å². The molecule has 2 heterocycles. The lowest BCUT2D eigenvalue weighted by Crippen LogP contribution is -2.25. The van der Waals surface area contributed by atoms with Gasteiger partial charge >= 0.3 is 6.18 Å². The number of thiophene rings is 1. The Hall–Kier alpha value is -2.16. The SMILES string of the molecule is Cc1cnc(CNC(=O)C2CC2)nc1Oc1csc(C(F)(F)F)c1. The first-order chi connectivity index (χ1) is 11.3. The molecule has 0 atom stereocenters. The van der Waals surface area contributed by atoms with Crippen molar-refractivity contribution < 1.29 is 22.7 Å². The largest absolute Gasteiger partial charge is 0.438 e. The predicted molar refractivity (Wildman–Crippen MR) is 80.7 cm³/mol. The normalized spacial score (nSPS) is 14.5. The maximum Gasteiger partial charge on any atom is 0.425 e. The number of hydrogen-bond donors (Lipinski definition) is 1. The predicted octanol–water partition coefficient (Wildman–Crippen LogP) is 3.68. The summed E-state index contributed by atoms with van der Waals surface area (Å²) in [5.74, 6) is 0.636. The lowest BCUT2D eigenvalue weighted by Gasteiger charge is -2.08. The fraction of sp³-hybridized carbons (Fsp3) is 0.400. The number of ether oxygens (including phenoxy) is 1. The average molecular weight is 357 g/mol. The monoisotopic (exact) mass is 357 g/mol. The average Bonchev–Trinajstić information content (AvgIpc) is 3.26. The van der Waals surface area contributed by atoms with Crippen LogP contribution in [0.4, 0.5) is 13.2 Å². The van der Waals surface area contributed by atoms with E-state index in [2.05, 4.69) is 15.3 Å². The van der Waals surface area contributed by atoms with Gasteiger partial charge in [0.05, 0.1) is 6.54 Å². The van der Waals surface area contributed by atoms with Crippen molar-refractivity contribution in [2.24, 2.45) is 5.92 Å². The first kappa shape index (κ1) is 16.7. The number of amides is 1. The minimum atomic E-state index is -4.40. The van der Waals surface area contributed by atoms with Gasteiger partial charge in [-0.2, -0.15) is 18.2 Å². The van der Waals surface area contributed by atoms with Crippen LogP contribution in [-0.4, -0.2) is 15.9 Å². The molecule has 1 aliphatic rings. The van der Waals surface area contributed by atoms with Crippen LogP contribution in [0.1, 0.15) is 29.1 Å². The van der Waals surface area contributed by atoms with Crippen molar-refractivity contribution in [3.8, 4) is 11.6 Å². The van der Waals surface area contributed by atoms with Crippen LogP contribution in [0.15, 0.2) is 17.6 Å². The Labute approximate surface area is 139 Å². The zero-order chi connectivity index (χ0) is 17.3. The second kappa shape index (κ2) is 6.39. The van der Waals surface area contributed by atoms with E-state index in [0.717, 1.165) is 18.9 Å². The molecule has 1 fully saturated rings. The van der Waals surface area contributed by atoms with Gasteiger partial charge in [-0.15, -0.1) is 11.3 Å². The molecular weight excluding hydrogens is 343 g/mol. The minimum absolute atomic E-state index is 0.0331. The molecule has 0 aliphatic heterocycles. The van der Waals surface area contributed by atoms with Crippen LogP contribution in [0.25, 0.3) is 0 Å². The summed E-state index contributed by atoms with van der Waals surface area (Å²) in [7, 11) is 0. The summed E-state index contributed by atoms with van der Waals surface area (Å²) >= 11 is 0.560. The number of carbonyl (C=O) groups excluding carboxylic acids is 1. The molecule has 0 spiro atoms. The summed E-state index contributed by atoms with van der Waals surface area (Å²) in [6.07, 6.45) is -1.09. The summed E-state index contributed by atoms with van der Waals surface area (Å²) in [6, 6.07) is 0.931. The molecule has 24 heavy (non-hydrogen) atoms. The molecule has 2 aromatic rings. The lowest BCUT2D eigenvalue weighted by atomic mass is 10.3. The molecular formula is C15H14F3N3O2S. The lowest BCUT2D eigenvalue weighted by molar-refractivity contribution is -0.134. The number of aryl methyl sites for hydroxylation is 1. The van der Waals surface area contributed by atoms with Gasteiger partial charge in [0.25, 0.3) is 0 Å². The molecule has 0 aromatic carbocycles. The summed E-state index contributed by atoms with van der Waals surface area (Å²) < 4.78 is 43.3. The van der Waals surface area contributed by atoms with Crippen molar-refractivity contribution in [2.45, 2.75) is 32.5 Å². The van der Waals surface area contributed by atoms with Crippen molar-refractivity contribution in [1.82, 2.24) is 15.3 Å². The van der Waals surface area contributed by atoms with Crippen molar-refractivity contribution >= 4 is 17.2 Å². The second-order valence-electron chi connectivity index (χ2n) is 5.51. The van der Waals surface area contributed by atoms with E-state index in [1.807, 2.05) is 0 Å². The van der Waals surface area contributed by atoms with Crippen molar-refractivity contribution in [1.29, 1.82) is 0 Å². The van der Waals surface area contributed by atoms with Gasteiger partial charge in [-0.3, -0.25) is 4.79 Å². The van der Waals surface area contributed by atoms with Crippen LogP contribution in [-0.2, 0) is 17.5 Å². The Balaban J connectivity index is 1.69. The van der Waals surface area contributed by atoms with Crippen LogP contribution in [0.5, 0.6) is 11.6 Å². The molecule has 1 aliphatic carbocycles. The quantitative estimate of drug-likeness (QED) is 0.887. The number of nitrogens with zero attached hydrogens (tertiary/aromatic N) is 2. The third kappa shape index (κ3) is 4.02. The van der Waals surface area contributed by atoms with Crippen LogP contribution in [0, 0.1) is 12.8 Å². The van der Waals surface area contributed by atoms with Crippen LogP contribution in [0.2, 0.25) is 0 Å². The maximum absolute atomic E-state index is 12.6. The Morgan fingerprint density at radius 2 is 2.21 bits per heavy atom. The van der Waals surface area contributed by atoms with Gasteiger partial charge in [0.1, 0.15) is 10.6 Å². The van der Waals surface area contributed by atoms with Crippen LogP contribution < -0.4 is 10.1 Å². The number of hydrogen-bond acceptors (Lipinski definition) is 5. The fourth-order valence-corrected chi connectivity index (χ4v) is 2.62. The van der Waals surface area contributed by atoms with Gasteiger partial charge < -0.3 is 10.1 Å². The number of alkyl halides is 3.